The normalized spacial score (nSPS) is 24.2. The molecule has 90 valence electrons. The van der Waals surface area contributed by atoms with Crippen molar-refractivity contribution in [2.45, 2.75) is 18.8 Å². The van der Waals surface area contributed by atoms with Crippen molar-refractivity contribution in [3.8, 4) is 0 Å². The Hall–Kier alpha value is -1.62. The summed E-state index contributed by atoms with van der Waals surface area (Å²) in [6.07, 6.45) is 8.17. The van der Waals surface area contributed by atoms with Crippen molar-refractivity contribution in [1.82, 2.24) is 20.8 Å². The van der Waals surface area contributed by atoms with E-state index in [1.165, 1.54) is 6.42 Å². The van der Waals surface area contributed by atoms with Gasteiger partial charge in [0.25, 0.3) is 0 Å². The number of piperidine rings is 1. The molecule has 1 aromatic rings. The van der Waals surface area contributed by atoms with Crippen LogP contribution in [-0.2, 0) is 0 Å². The van der Waals surface area contributed by atoms with Crippen LogP contribution in [0.2, 0.25) is 0 Å². The fourth-order valence-corrected chi connectivity index (χ4v) is 2.20. The van der Waals surface area contributed by atoms with E-state index in [1.54, 1.807) is 0 Å². The molecule has 2 N–H and O–H groups in total. The van der Waals surface area contributed by atoms with E-state index < -0.39 is 0 Å². The number of hydrogen-bond acceptors (Lipinski definition) is 5. The highest BCUT2D eigenvalue weighted by Gasteiger charge is 2.22. The Morgan fingerprint density at radius 2 is 2.35 bits per heavy atom. The standard InChI is InChI=1S/C12H16N4O/c1-3-9(7-13-5-1)11-15-16-12(17-11)10-4-2-6-14-8-10/h1,3,5,10,13-14H,2,4,6-8H2. The van der Waals surface area contributed by atoms with Crippen LogP contribution in [0.5, 0.6) is 0 Å². The molecule has 0 spiro atoms. The molecule has 1 saturated heterocycles. The number of hydrogen-bond donors (Lipinski definition) is 2. The third-order valence-corrected chi connectivity index (χ3v) is 3.17. The van der Waals surface area contributed by atoms with E-state index in [0.29, 0.717) is 11.8 Å². The van der Waals surface area contributed by atoms with Crippen molar-refractivity contribution in [3.63, 3.8) is 0 Å². The Balaban J connectivity index is 1.77. The van der Waals surface area contributed by atoms with Gasteiger partial charge in [-0.25, -0.2) is 0 Å². The van der Waals surface area contributed by atoms with Crippen LogP contribution in [-0.4, -0.2) is 29.8 Å². The van der Waals surface area contributed by atoms with E-state index in [0.717, 1.165) is 37.5 Å². The minimum Gasteiger partial charge on any atom is -0.421 e. The lowest BCUT2D eigenvalue weighted by Crippen LogP contribution is -2.28. The Labute approximate surface area is 100.0 Å². The van der Waals surface area contributed by atoms with E-state index in [4.69, 9.17) is 4.42 Å². The maximum absolute atomic E-state index is 5.76. The Kier molecular flexibility index (Phi) is 2.92. The lowest BCUT2D eigenvalue weighted by atomic mass is 10.00. The summed E-state index contributed by atoms with van der Waals surface area (Å²) >= 11 is 0. The zero-order valence-corrected chi connectivity index (χ0v) is 9.65. The molecule has 17 heavy (non-hydrogen) atoms. The number of aromatic nitrogens is 2. The van der Waals surface area contributed by atoms with Crippen LogP contribution in [0.4, 0.5) is 0 Å². The topological polar surface area (TPSA) is 63.0 Å². The molecule has 5 heteroatoms. The van der Waals surface area contributed by atoms with Crippen LogP contribution in [0.3, 0.4) is 0 Å². The van der Waals surface area contributed by atoms with E-state index >= 15 is 0 Å². The average molecular weight is 232 g/mol. The zero-order valence-electron chi connectivity index (χ0n) is 9.65. The van der Waals surface area contributed by atoms with Crippen molar-refractivity contribution in [2.24, 2.45) is 0 Å². The van der Waals surface area contributed by atoms with E-state index in [9.17, 15) is 0 Å². The first-order valence-corrected chi connectivity index (χ1v) is 6.07. The highest BCUT2D eigenvalue weighted by molar-refractivity contribution is 5.63. The third-order valence-electron chi connectivity index (χ3n) is 3.17. The fourth-order valence-electron chi connectivity index (χ4n) is 2.20. The molecule has 3 heterocycles. The molecule has 0 saturated carbocycles. The smallest absolute Gasteiger partial charge is 0.245 e. The Morgan fingerprint density at radius 1 is 1.35 bits per heavy atom. The second-order valence-corrected chi connectivity index (χ2v) is 4.42. The van der Waals surface area contributed by atoms with Crippen LogP contribution >= 0.6 is 0 Å². The largest absolute Gasteiger partial charge is 0.421 e. The summed E-state index contributed by atoms with van der Waals surface area (Å²) in [6.45, 7) is 2.79. The number of dihydropyridines is 1. The second-order valence-electron chi connectivity index (χ2n) is 4.42. The minimum atomic E-state index is 0.373. The molecule has 0 amide bonds. The molecular formula is C12H16N4O. The minimum absolute atomic E-state index is 0.373. The molecule has 0 aliphatic carbocycles. The van der Waals surface area contributed by atoms with Gasteiger partial charge in [0.15, 0.2) is 0 Å². The van der Waals surface area contributed by atoms with Crippen LogP contribution in [0.15, 0.2) is 22.8 Å². The van der Waals surface area contributed by atoms with Gasteiger partial charge in [-0.15, -0.1) is 10.2 Å². The first-order valence-electron chi connectivity index (χ1n) is 6.07. The summed E-state index contributed by atoms with van der Waals surface area (Å²) in [7, 11) is 0. The SMILES string of the molecule is C1=CNCC(c2nnc(C3CCCNC3)o2)=C1. The lowest BCUT2D eigenvalue weighted by Gasteiger charge is -2.19. The van der Waals surface area contributed by atoms with Gasteiger partial charge in [-0.05, 0) is 31.7 Å². The van der Waals surface area contributed by atoms with Crippen LogP contribution in [0, 0.1) is 0 Å². The fraction of sp³-hybridized carbons (Fsp3) is 0.500. The molecule has 0 radical (unpaired) electrons. The number of nitrogens with one attached hydrogen (secondary N) is 2. The van der Waals surface area contributed by atoms with Crippen molar-refractivity contribution >= 4 is 5.57 Å². The molecule has 1 aromatic heterocycles. The monoisotopic (exact) mass is 232 g/mol. The van der Waals surface area contributed by atoms with Gasteiger partial charge < -0.3 is 15.1 Å². The van der Waals surface area contributed by atoms with Crippen molar-refractivity contribution in [1.29, 1.82) is 0 Å². The number of rotatable bonds is 2. The van der Waals surface area contributed by atoms with Gasteiger partial charge in [0.05, 0.1) is 0 Å². The summed E-state index contributed by atoms with van der Waals surface area (Å²) < 4.78 is 5.76. The maximum atomic E-state index is 5.76. The van der Waals surface area contributed by atoms with Crippen molar-refractivity contribution in [3.05, 3.63) is 30.1 Å². The van der Waals surface area contributed by atoms with Gasteiger partial charge >= 0.3 is 0 Å². The van der Waals surface area contributed by atoms with E-state index in [1.807, 2.05) is 18.4 Å². The Bertz CT molecular complexity index is 443. The molecule has 0 bridgehead atoms. The highest BCUT2D eigenvalue weighted by Crippen LogP contribution is 2.24. The summed E-state index contributed by atoms with van der Waals surface area (Å²) in [5.74, 6) is 1.78. The first-order chi connectivity index (χ1) is 8.43. The van der Waals surface area contributed by atoms with Crippen LogP contribution in [0.25, 0.3) is 5.57 Å². The van der Waals surface area contributed by atoms with Gasteiger partial charge in [0, 0.05) is 24.6 Å². The van der Waals surface area contributed by atoms with E-state index in [2.05, 4.69) is 20.8 Å². The first kappa shape index (κ1) is 10.5. The summed E-state index contributed by atoms with van der Waals surface area (Å²) in [5.41, 5.74) is 1.05. The van der Waals surface area contributed by atoms with Gasteiger partial charge in [-0.2, -0.15) is 0 Å². The average Bonchev–Trinajstić information content (AvgIpc) is 2.90. The van der Waals surface area contributed by atoms with Gasteiger partial charge in [-0.1, -0.05) is 6.08 Å². The molecule has 5 nitrogen and oxygen atoms in total. The molecular weight excluding hydrogens is 216 g/mol. The molecule has 0 aromatic carbocycles. The van der Waals surface area contributed by atoms with Crippen LogP contribution < -0.4 is 10.6 Å². The number of allylic oxidation sites excluding steroid dienone is 2. The maximum Gasteiger partial charge on any atom is 0.245 e. The molecule has 3 rings (SSSR count). The molecule has 1 atom stereocenters. The second kappa shape index (κ2) is 4.71. The number of nitrogens with zero attached hydrogens (tertiary/aromatic N) is 2. The van der Waals surface area contributed by atoms with Crippen molar-refractivity contribution in [2.75, 3.05) is 19.6 Å². The third kappa shape index (κ3) is 2.24. The lowest BCUT2D eigenvalue weighted by molar-refractivity contribution is 0.373. The predicted molar refractivity (Wildman–Crippen MR) is 64.3 cm³/mol. The quantitative estimate of drug-likeness (QED) is 0.797. The van der Waals surface area contributed by atoms with Gasteiger partial charge in [0.2, 0.25) is 11.8 Å². The molecule has 2 aliphatic rings. The molecule has 2 aliphatic heterocycles. The molecule has 1 unspecified atom stereocenters. The summed E-state index contributed by atoms with van der Waals surface area (Å²) in [4.78, 5) is 0. The molecule has 1 fully saturated rings. The van der Waals surface area contributed by atoms with E-state index in [-0.39, 0.29) is 0 Å². The highest BCUT2D eigenvalue weighted by atomic mass is 16.4. The summed E-state index contributed by atoms with van der Waals surface area (Å²) in [6, 6.07) is 0. The Morgan fingerprint density at radius 3 is 3.12 bits per heavy atom. The van der Waals surface area contributed by atoms with Gasteiger partial charge in [-0.3, -0.25) is 0 Å². The van der Waals surface area contributed by atoms with Crippen molar-refractivity contribution < 1.29 is 4.42 Å². The van der Waals surface area contributed by atoms with Gasteiger partial charge in [0.1, 0.15) is 0 Å². The van der Waals surface area contributed by atoms with Crippen LogP contribution in [0.1, 0.15) is 30.5 Å². The zero-order chi connectivity index (χ0) is 11.5. The predicted octanol–water partition coefficient (Wildman–Crippen LogP) is 1.04. The summed E-state index contributed by atoms with van der Waals surface area (Å²) in [5, 5.41) is 14.8.